The lowest BCUT2D eigenvalue weighted by molar-refractivity contribution is -0.138. The van der Waals surface area contributed by atoms with Gasteiger partial charge in [-0.25, -0.2) is 0 Å². The van der Waals surface area contributed by atoms with E-state index in [4.69, 9.17) is 16.6 Å². The van der Waals surface area contributed by atoms with Crippen molar-refractivity contribution in [2.75, 3.05) is 6.54 Å². The van der Waals surface area contributed by atoms with Gasteiger partial charge in [-0.1, -0.05) is 12.2 Å². The highest BCUT2D eigenvalue weighted by Gasteiger charge is 2.07. The van der Waals surface area contributed by atoms with Crippen LogP contribution in [-0.4, -0.2) is 29.5 Å². The average Bonchev–Trinajstić information content (AvgIpc) is 2.02. The molecule has 6 heteroatoms. The van der Waals surface area contributed by atoms with Crippen molar-refractivity contribution < 1.29 is 9.90 Å². The number of carboxylic acids is 1. The zero-order chi connectivity index (χ0) is 10.3. The number of aliphatic carboxylic acids is 1. The van der Waals surface area contributed by atoms with E-state index in [1.54, 1.807) is 19.1 Å². The summed E-state index contributed by atoms with van der Waals surface area (Å²) in [6.07, 6.45) is 3.73. The van der Waals surface area contributed by atoms with E-state index in [0.29, 0.717) is 18.8 Å². The Morgan fingerprint density at radius 1 is 1.57 bits per heavy atom. The molecule has 0 aromatic carbocycles. The molecule has 0 spiro atoms. The van der Waals surface area contributed by atoms with E-state index >= 15 is 0 Å². The topological polar surface area (TPSA) is 102 Å². The Morgan fingerprint density at radius 3 is 2.57 bits per heavy atom. The highest BCUT2D eigenvalue weighted by atomic mass is 35.5. The van der Waals surface area contributed by atoms with Gasteiger partial charge in [0.1, 0.15) is 6.04 Å². The van der Waals surface area contributed by atoms with E-state index in [1.165, 1.54) is 0 Å². The van der Waals surface area contributed by atoms with Crippen LogP contribution in [0, 0.1) is 0 Å². The standard InChI is InChI=1S/C8H15N3O2.ClH/c1-6(9)11-5-3-2-4-7(10)8(12)13;/h2-3,7H,4-5,10H2,1H3,(H2,9,11)(H,12,13);1H/b3-2-;. The van der Waals surface area contributed by atoms with Gasteiger partial charge in [-0.15, -0.1) is 12.4 Å². The van der Waals surface area contributed by atoms with Crippen molar-refractivity contribution in [3.8, 4) is 0 Å². The number of amidine groups is 1. The van der Waals surface area contributed by atoms with E-state index in [2.05, 4.69) is 4.99 Å². The Hall–Kier alpha value is -1.07. The third-order valence-electron chi connectivity index (χ3n) is 1.32. The minimum Gasteiger partial charge on any atom is -0.480 e. The first-order chi connectivity index (χ1) is 6.04. The molecule has 0 radical (unpaired) electrons. The van der Waals surface area contributed by atoms with Crippen LogP contribution in [0.1, 0.15) is 13.3 Å². The van der Waals surface area contributed by atoms with Crippen LogP contribution in [0.15, 0.2) is 17.1 Å². The minimum atomic E-state index is -0.997. The number of halogens is 1. The maximum Gasteiger partial charge on any atom is 0.320 e. The lowest BCUT2D eigenvalue weighted by Crippen LogP contribution is -2.29. The molecule has 5 nitrogen and oxygen atoms in total. The zero-order valence-electron chi connectivity index (χ0n) is 8.01. The second-order valence-corrected chi connectivity index (χ2v) is 2.63. The van der Waals surface area contributed by atoms with E-state index in [9.17, 15) is 4.79 Å². The molecule has 0 heterocycles. The fourth-order valence-corrected chi connectivity index (χ4v) is 0.615. The molecule has 0 aliphatic rings. The normalized spacial score (nSPS) is 13.7. The maximum absolute atomic E-state index is 10.3. The van der Waals surface area contributed by atoms with Gasteiger partial charge in [0.2, 0.25) is 0 Å². The average molecular weight is 222 g/mol. The smallest absolute Gasteiger partial charge is 0.320 e. The number of rotatable bonds is 5. The molecule has 1 unspecified atom stereocenters. The van der Waals surface area contributed by atoms with Crippen molar-refractivity contribution >= 4 is 24.2 Å². The highest BCUT2D eigenvalue weighted by molar-refractivity contribution is 5.85. The van der Waals surface area contributed by atoms with E-state index in [-0.39, 0.29) is 12.4 Å². The fourth-order valence-electron chi connectivity index (χ4n) is 0.615. The van der Waals surface area contributed by atoms with E-state index in [1.807, 2.05) is 0 Å². The molecule has 0 saturated carbocycles. The molecule has 0 aromatic heterocycles. The maximum atomic E-state index is 10.3. The SMILES string of the molecule is CC(N)=NC/C=C\CC(N)C(=O)O.Cl. The number of aliphatic imine (C=N–C) groups is 1. The number of carboxylic acid groups (broad SMARTS) is 1. The number of hydrogen-bond donors (Lipinski definition) is 3. The molecule has 0 aliphatic carbocycles. The number of hydrogen-bond acceptors (Lipinski definition) is 3. The van der Waals surface area contributed by atoms with Gasteiger partial charge in [0.25, 0.3) is 0 Å². The Balaban J connectivity index is 0. The van der Waals surface area contributed by atoms with Crippen molar-refractivity contribution in [1.82, 2.24) is 0 Å². The Morgan fingerprint density at radius 2 is 2.14 bits per heavy atom. The van der Waals surface area contributed by atoms with Gasteiger partial charge in [-0.3, -0.25) is 9.79 Å². The summed E-state index contributed by atoms with van der Waals surface area (Å²) in [6.45, 7) is 2.16. The summed E-state index contributed by atoms with van der Waals surface area (Å²) in [5.74, 6) is -0.490. The molecular weight excluding hydrogens is 206 g/mol. The number of nitrogens with two attached hydrogens (primary N) is 2. The summed E-state index contributed by atoms with van der Waals surface area (Å²) in [6, 6.07) is -0.834. The van der Waals surface area contributed by atoms with Crippen molar-refractivity contribution in [3.63, 3.8) is 0 Å². The zero-order valence-corrected chi connectivity index (χ0v) is 8.83. The molecule has 0 aliphatic heterocycles. The summed E-state index contributed by atoms with van der Waals surface area (Å²) in [7, 11) is 0. The predicted molar refractivity (Wildman–Crippen MR) is 58.8 cm³/mol. The lowest BCUT2D eigenvalue weighted by atomic mass is 10.2. The van der Waals surface area contributed by atoms with Crippen molar-refractivity contribution in [3.05, 3.63) is 12.2 Å². The number of nitrogens with zero attached hydrogens (tertiary/aromatic N) is 1. The van der Waals surface area contributed by atoms with Gasteiger partial charge in [-0.2, -0.15) is 0 Å². The second-order valence-electron chi connectivity index (χ2n) is 2.63. The van der Waals surface area contributed by atoms with Gasteiger partial charge in [-0.05, 0) is 13.3 Å². The molecule has 5 N–H and O–H groups in total. The summed E-state index contributed by atoms with van der Waals surface area (Å²) < 4.78 is 0. The molecule has 0 amide bonds. The predicted octanol–water partition coefficient (Wildman–Crippen LogP) is 0.144. The largest absolute Gasteiger partial charge is 0.480 e. The molecule has 0 saturated heterocycles. The second kappa shape index (κ2) is 8.52. The summed E-state index contributed by atoms with van der Waals surface area (Å²) in [4.78, 5) is 14.2. The Bertz CT molecular complexity index is 225. The number of carbonyl (C=O) groups is 1. The first-order valence-corrected chi connectivity index (χ1v) is 3.94. The van der Waals surface area contributed by atoms with Gasteiger partial charge in [0.15, 0.2) is 0 Å². The molecule has 0 rings (SSSR count). The van der Waals surface area contributed by atoms with Gasteiger partial charge >= 0.3 is 5.97 Å². The first-order valence-electron chi connectivity index (χ1n) is 3.94. The van der Waals surface area contributed by atoms with Crippen molar-refractivity contribution in [2.24, 2.45) is 16.5 Å². The van der Waals surface area contributed by atoms with Crippen LogP contribution < -0.4 is 11.5 Å². The van der Waals surface area contributed by atoms with Gasteiger partial charge < -0.3 is 16.6 Å². The summed E-state index contributed by atoms with van der Waals surface area (Å²) in [5, 5.41) is 8.42. The van der Waals surface area contributed by atoms with Crippen LogP contribution >= 0.6 is 12.4 Å². The third kappa shape index (κ3) is 9.02. The minimum absolute atomic E-state index is 0. The molecular formula is C8H16ClN3O2. The van der Waals surface area contributed by atoms with Crippen LogP contribution in [0.3, 0.4) is 0 Å². The van der Waals surface area contributed by atoms with Crippen LogP contribution in [0.4, 0.5) is 0 Å². The molecule has 82 valence electrons. The van der Waals surface area contributed by atoms with E-state index < -0.39 is 12.0 Å². The third-order valence-corrected chi connectivity index (χ3v) is 1.32. The Kier molecular flexibility index (Phi) is 9.38. The monoisotopic (exact) mass is 221 g/mol. The van der Waals surface area contributed by atoms with Crippen LogP contribution in [0.2, 0.25) is 0 Å². The fraction of sp³-hybridized carbons (Fsp3) is 0.500. The lowest BCUT2D eigenvalue weighted by Gasteiger charge is -1.99. The molecule has 0 bridgehead atoms. The Labute approximate surface area is 89.3 Å². The first kappa shape index (κ1) is 15.4. The molecule has 0 fully saturated rings. The molecule has 14 heavy (non-hydrogen) atoms. The van der Waals surface area contributed by atoms with E-state index in [0.717, 1.165) is 0 Å². The van der Waals surface area contributed by atoms with Crippen molar-refractivity contribution in [1.29, 1.82) is 0 Å². The summed E-state index contributed by atoms with van der Waals surface area (Å²) >= 11 is 0. The van der Waals surface area contributed by atoms with Gasteiger partial charge in [0, 0.05) is 0 Å². The van der Waals surface area contributed by atoms with Crippen LogP contribution in [0.25, 0.3) is 0 Å². The highest BCUT2D eigenvalue weighted by Crippen LogP contribution is 1.90. The van der Waals surface area contributed by atoms with Crippen LogP contribution in [-0.2, 0) is 4.79 Å². The molecule has 1 atom stereocenters. The van der Waals surface area contributed by atoms with Gasteiger partial charge in [0.05, 0.1) is 12.4 Å². The van der Waals surface area contributed by atoms with Crippen molar-refractivity contribution in [2.45, 2.75) is 19.4 Å². The van der Waals surface area contributed by atoms with Crippen LogP contribution in [0.5, 0.6) is 0 Å². The quantitative estimate of drug-likeness (QED) is 0.349. The summed E-state index contributed by atoms with van der Waals surface area (Å²) in [5.41, 5.74) is 10.5. The molecule has 0 aromatic rings.